The topological polar surface area (TPSA) is 58.2 Å². The Bertz CT molecular complexity index is 557. The van der Waals surface area contributed by atoms with E-state index >= 15 is 0 Å². The summed E-state index contributed by atoms with van der Waals surface area (Å²) in [7, 11) is -3.42. The molecule has 0 aliphatic heterocycles. The Morgan fingerprint density at radius 3 is 2.43 bits per heavy atom. The Morgan fingerprint density at radius 1 is 1.19 bits per heavy atom. The quantitative estimate of drug-likeness (QED) is 0.543. The Kier molecular flexibility index (Phi) is 7.44. The van der Waals surface area contributed by atoms with Crippen LogP contribution < -0.4 is 10.0 Å². The van der Waals surface area contributed by atoms with E-state index in [1.165, 1.54) is 0 Å². The summed E-state index contributed by atoms with van der Waals surface area (Å²) in [4.78, 5) is 0.299. The summed E-state index contributed by atoms with van der Waals surface area (Å²) in [5, 5.41) is 3.29. The first-order valence-corrected chi connectivity index (χ1v) is 8.69. The third kappa shape index (κ3) is 6.76. The molecule has 0 atom stereocenters. The summed E-state index contributed by atoms with van der Waals surface area (Å²) in [5.74, 6) is 2.54. The van der Waals surface area contributed by atoms with E-state index in [9.17, 15) is 8.42 Å². The molecule has 1 aromatic rings. The molecule has 0 heterocycles. The fourth-order valence-electron chi connectivity index (χ4n) is 1.75. The summed E-state index contributed by atoms with van der Waals surface area (Å²) in [6, 6.07) is 7.35. The molecule has 0 unspecified atom stereocenters. The Balaban J connectivity index is 2.53. The van der Waals surface area contributed by atoms with Crippen LogP contribution in [-0.4, -0.2) is 21.0 Å². The monoisotopic (exact) mass is 308 g/mol. The fourth-order valence-corrected chi connectivity index (χ4v) is 2.82. The minimum atomic E-state index is -3.42. The SMILES string of the molecule is C#CCCCCNS(=O)(=O)c1ccc(CNC(C)C)cc1. The van der Waals surface area contributed by atoms with E-state index in [4.69, 9.17) is 6.42 Å². The summed E-state index contributed by atoms with van der Waals surface area (Å²) in [6.45, 7) is 5.30. The van der Waals surface area contributed by atoms with Crippen LogP contribution in [0.3, 0.4) is 0 Å². The Morgan fingerprint density at radius 2 is 1.86 bits per heavy atom. The van der Waals surface area contributed by atoms with Crippen LogP contribution in [0.25, 0.3) is 0 Å². The van der Waals surface area contributed by atoms with E-state index in [0.717, 1.165) is 24.9 Å². The van der Waals surface area contributed by atoms with Gasteiger partial charge < -0.3 is 5.32 Å². The predicted octanol–water partition coefficient (Wildman–Crippen LogP) is 2.27. The normalized spacial score (nSPS) is 11.5. The van der Waals surface area contributed by atoms with Gasteiger partial charge in [-0.3, -0.25) is 0 Å². The third-order valence-electron chi connectivity index (χ3n) is 2.99. The number of unbranched alkanes of at least 4 members (excludes halogenated alkanes) is 2. The van der Waals surface area contributed by atoms with Crippen LogP contribution in [0.5, 0.6) is 0 Å². The number of hydrogen-bond acceptors (Lipinski definition) is 3. The Labute approximate surface area is 128 Å². The van der Waals surface area contributed by atoms with Crippen molar-refractivity contribution in [3.05, 3.63) is 29.8 Å². The van der Waals surface area contributed by atoms with Crippen LogP contribution in [0.1, 0.15) is 38.7 Å². The number of hydrogen-bond donors (Lipinski definition) is 2. The van der Waals surface area contributed by atoms with Gasteiger partial charge >= 0.3 is 0 Å². The molecule has 0 radical (unpaired) electrons. The zero-order chi connectivity index (χ0) is 15.7. The van der Waals surface area contributed by atoms with Gasteiger partial charge in [-0.25, -0.2) is 13.1 Å². The molecule has 5 heteroatoms. The van der Waals surface area contributed by atoms with Gasteiger partial charge in [0.25, 0.3) is 0 Å². The molecule has 1 rings (SSSR count). The molecule has 0 saturated carbocycles. The van der Waals surface area contributed by atoms with Crippen molar-refractivity contribution in [3.63, 3.8) is 0 Å². The number of terminal acetylenes is 1. The van der Waals surface area contributed by atoms with E-state index in [1.54, 1.807) is 12.1 Å². The molecule has 1 aromatic carbocycles. The Hall–Kier alpha value is -1.35. The molecule has 0 aliphatic rings. The highest BCUT2D eigenvalue weighted by Crippen LogP contribution is 2.11. The molecule has 116 valence electrons. The molecule has 4 nitrogen and oxygen atoms in total. The highest BCUT2D eigenvalue weighted by molar-refractivity contribution is 7.89. The minimum absolute atomic E-state index is 0.299. The van der Waals surface area contributed by atoms with Crippen molar-refractivity contribution in [1.82, 2.24) is 10.0 Å². The second kappa shape index (κ2) is 8.83. The summed E-state index contributed by atoms with van der Waals surface area (Å²) in [5.41, 5.74) is 1.07. The number of nitrogens with one attached hydrogen (secondary N) is 2. The van der Waals surface area contributed by atoms with Crippen molar-refractivity contribution in [1.29, 1.82) is 0 Å². The first-order valence-electron chi connectivity index (χ1n) is 7.21. The molecule has 2 N–H and O–H groups in total. The fraction of sp³-hybridized carbons (Fsp3) is 0.500. The van der Waals surface area contributed by atoms with Gasteiger partial charge in [0.1, 0.15) is 0 Å². The molecule has 0 spiro atoms. The summed E-state index contributed by atoms with van der Waals surface area (Å²) < 4.78 is 26.7. The lowest BCUT2D eigenvalue weighted by Gasteiger charge is -2.09. The van der Waals surface area contributed by atoms with E-state index in [1.807, 2.05) is 12.1 Å². The largest absolute Gasteiger partial charge is 0.310 e. The third-order valence-corrected chi connectivity index (χ3v) is 4.46. The number of sulfonamides is 1. The minimum Gasteiger partial charge on any atom is -0.310 e. The second-order valence-electron chi connectivity index (χ2n) is 5.24. The summed E-state index contributed by atoms with van der Waals surface area (Å²) >= 11 is 0. The maximum atomic E-state index is 12.1. The van der Waals surface area contributed by atoms with Gasteiger partial charge in [-0.15, -0.1) is 12.3 Å². The van der Waals surface area contributed by atoms with Crippen LogP contribution >= 0.6 is 0 Å². The summed E-state index contributed by atoms with van der Waals surface area (Å²) in [6.07, 6.45) is 7.41. The molecule has 21 heavy (non-hydrogen) atoms. The van der Waals surface area contributed by atoms with Gasteiger partial charge in [-0.05, 0) is 30.5 Å². The van der Waals surface area contributed by atoms with Gasteiger partial charge in [0.15, 0.2) is 0 Å². The molecule has 0 saturated heterocycles. The van der Waals surface area contributed by atoms with E-state index in [0.29, 0.717) is 23.9 Å². The van der Waals surface area contributed by atoms with Crippen LogP contribution in [0.4, 0.5) is 0 Å². The lowest BCUT2D eigenvalue weighted by molar-refractivity contribution is 0.576. The van der Waals surface area contributed by atoms with Crippen molar-refractivity contribution >= 4 is 10.0 Å². The van der Waals surface area contributed by atoms with Crippen LogP contribution in [0.15, 0.2) is 29.2 Å². The van der Waals surface area contributed by atoms with Crippen molar-refractivity contribution in [2.45, 2.75) is 50.6 Å². The van der Waals surface area contributed by atoms with Gasteiger partial charge in [-0.1, -0.05) is 26.0 Å². The van der Waals surface area contributed by atoms with Crippen LogP contribution in [0, 0.1) is 12.3 Å². The molecule has 0 bridgehead atoms. The van der Waals surface area contributed by atoms with E-state index in [-0.39, 0.29) is 0 Å². The van der Waals surface area contributed by atoms with Gasteiger partial charge in [-0.2, -0.15) is 0 Å². The van der Waals surface area contributed by atoms with E-state index < -0.39 is 10.0 Å². The highest BCUT2D eigenvalue weighted by Gasteiger charge is 2.12. The van der Waals surface area contributed by atoms with Crippen molar-refractivity contribution < 1.29 is 8.42 Å². The molecular formula is C16H24N2O2S. The smallest absolute Gasteiger partial charge is 0.240 e. The van der Waals surface area contributed by atoms with Crippen LogP contribution in [0.2, 0.25) is 0 Å². The van der Waals surface area contributed by atoms with Crippen molar-refractivity contribution in [3.8, 4) is 12.3 Å². The van der Waals surface area contributed by atoms with Crippen molar-refractivity contribution in [2.24, 2.45) is 0 Å². The second-order valence-corrected chi connectivity index (χ2v) is 7.01. The first kappa shape index (κ1) is 17.7. The number of benzene rings is 1. The molecule has 0 aromatic heterocycles. The van der Waals surface area contributed by atoms with Crippen LogP contribution in [-0.2, 0) is 16.6 Å². The van der Waals surface area contributed by atoms with Gasteiger partial charge in [0.2, 0.25) is 10.0 Å². The molecule has 0 fully saturated rings. The average Bonchev–Trinajstić information content (AvgIpc) is 2.45. The van der Waals surface area contributed by atoms with E-state index in [2.05, 4.69) is 29.8 Å². The standard InChI is InChI=1S/C16H24N2O2S/c1-4-5-6-7-12-18-21(19,20)16-10-8-15(9-11-16)13-17-14(2)3/h1,8-11,14,17-18H,5-7,12-13H2,2-3H3. The maximum Gasteiger partial charge on any atom is 0.240 e. The maximum absolute atomic E-state index is 12.1. The lowest BCUT2D eigenvalue weighted by atomic mass is 10.2. The molecule has 0 aliphatic carbocycles. The van der Waals surface area contributed by atoms with Gasteiger partial charge in [0, 0.05) is 25.6 Å². The zero-order valence-electron chi connectivity index (χ0n) is 12.7. The predicted molar refractivity (Wildman–Crippen MR) is 86.3 cm³/mol. The van der Waals surface area contributed by atoms with Crippen molar-refractivity contribution in [2.75, 3.05) is 6.54 Å². The lowest BCUT2D eigenvalue weighted by Crippen LogP contribution is -2.25. The average molecular weight is 308 g/mol. The first-order chi connectivity index (χ1) is 9.95. The highest BCUT2D eigenvalue weighted by atomic mass is 32.2. The van der Waals surface area contributed by atoms with Gasteiger partial charge in [0.05, 0.1) is 4.90 Å². The molecule has 0 amide bonds. The zero-order valence-corrected chi connectivity index (χ0v) is 13.5. The molecular weight excluding hydrogens is 284 g/mol. The number of rotatable bonds is 9.